The van der Waals surface area contributed by atoms with E-state index >= 15 is 0 Å². The highest BCUT2D eigenvalue weighted by atomic mass is 16.5. The van der Waals surface area contributed by atoms with Gasteiger partial charge in [0.1, 0.15) is 5.84 Å². The van der Waals surface area contributed by atoms with E-state index in [1.807, 2.05) is 24.3 Å². The summed E-state index contributed by atoms with van der Waals surface area (Å²) in [6.45, 7) is 7.56. The Balaban J connectivity index is 1.87. The number of nitrogen functional groups attached to an aromatic ring is 1. The predicted molar refractivity (Wildman–Crippen MR) is 87.4 cm³/mol. The smallest absolute Gasteiger partial charge is 0.123 e. The molecule has 0 aliphatic heterocycles. The van der Waals surface area contributed by atoms with Gasteiger partial charge in [-0.1, -0.05) is 45.0 Å². The van der Waals surface area contributed by atoms with Crippen molar-refractivity contribution in [2.24, 2.45) is 17.1 Å². The third-order valence-electron chi connectivity index (χ3n) is 4.68. The lowest BCUT2D eigenvalue weighted by atomic mass is 9.72. The van der Waals surface area contributed by atoms with Crippen molar-refractivity contribution in [3.05, 3.63) is 35.4 Å². The molecule has 0 atom stereocenters. The summed E-state index contributed by atoms with van der Waals surface area (Å²) >= 11 is 0. The second-order valence-electron chi connectivity index (χ2n) is 7.22. The van der Waals surface area contributed by atoms with E-state index < -0.39 is 0 Å². The highest BCUT2D eigenvalue weighted by Crippen LogP contribution is 2.38. The van der Waals surface area contributed by atoms with E-state index in [0.29, 0.717) is 18.1 Å². The van der Waals surface area contributed by atoms with Crippen LogP contribution in [0.2, 0.25) is 0 Å². The van der Waals surface area contributed by atoms with E-state index in [4.69, 9.17) is 15.9 Å². The van der Waals surface area contributed by atoms with Gasteiger partial charge in [-0.3, -0.25) is 5.41 Å². The largest absolute Gasteiger partial charge is 0.384 e. The highest BCUT2D eigenvalue weighted by Gasteiger charge is 2.29. The van der Waals surface area contributed by atoms with E-state index in [2.05, 4.69) is 20.8 Å². The molecule has 0 unspecified atom stereocenters. The van der Waals surface area contributed by atoms with Gasteiger partial charge in [-0.2, -0.15) is 0 Å². The molecule has 0 bridgehead atoms. The number of nitrogens with two attached hydrogens (primary N) is 1. The van der Waals surface area contributed by atoms with Crippen LogP contribution in [0, 0.1) is 16.7 Å². The fourth-order valence-electron chi connectivity index (χ4n) is 3.21. The van der Waals surface area contributed by atoms with E-state index in [9.17, 15) is 0 Å². The van der Waals surface area contributed by atoms with Crippen LogP contribution in [-0.2, 0) is 11.3 Å². The van der Waals surface area contributed by atoms with Gasteiger partial charge in [-0.15, -0.1) is 0 Å². The molecule has 3 nitrogen and oxygen atoms in total. The maximum atomic E-state index is 7.62. The number of ether oxygens (including phenoxy) is 1. The topological polar surface area (TPSA) is 59.1 Å². The fraction of sp³-hybridized carbons (Fsp3) is 0.611. The average molecular weight is 288 g/mol. The van der Waals surface area contributed by atoms with Crippen LogP contribution < -0.4 is 5.73 Å². The Kier molecular flexibility index (Phi) is 5.04. The molecule has 0 saturated heterocycles. The zero-order valence-corrected chi connectivity index (χ0v) is 13.5. The Bertz CT molecular complexity index is 482. The Hall–Kier alpha value is -1.35. The average Bonchev–Trinajstić information content (AvgIpc) is 2.45. The monoisotopic (exact) mass is 288 g/mol. The standard InChI is InChI=1S/C18H28N2O/c1-18(2,3)14-8-10-15(11-9-14)21-12-13-6-4-5-7-16(13)17(19)20/h4-7,14-15H,8-12H2,1-3H3,(H3,19,20). The summed E-state index contributed by atoms with van der Waals surface area (Å²) in [5, 5.41) is 7.62. The van der Waals surface area contributed by atoms with Crippen LogP contribution in [0.3, 0.4) is 0 Å². The van der Waals surface area contributed by atoms with Crippen molar-refractivity contribution in [3.63, 3.8) is 0 Å². The van der Waals surface area contributed by atoms with Gasteiger partial charge in [0.25, 0.3) is 0 Å². The molecule has 1 saturated carbocycles. The van der Waals surface area contributed by atoms with E-state index in [-0.39, 0.29) is 5.84 Å². The molecule has 0 radical (unpaired) electrons. The highest BCUT2D eigenvalue weighted by molar-refractivity contribution is 5.96. The minimum atomic E-state index is 0.116. The quantitative estimate of drug-likeness (QED) is 0.647. The van der Waals surface area contributed by atoms with Gasteiger partial charge in [-0.05, 0) is 42.6 Å². The summed E-state index contributed by atoms with van der Waals surface area (Å²) in [4.78, 5) is 0. The molecule has 1 aliphatic carbocycles. The summed E-state index contributed by atoms with van der Waals surface area (Å²) in [7, 11) is 0. The van der Waals surface area contributed by atoms with Crippen LogP contribution in [-0.4, -0.2) is 11.9 Å². The van der Waals surface area contributed by atoms with Crippen molar-refractivity contribution in [3.8, 4) is 0 Å². The number of amidine groups is 1. The lowest BCUT2D eigenvalue weighted by Crippen LogP contribution is -2.29. The summed E-state index contributed by atoms with van der Waals surface area (Å²) in [6.07, 6.45) is 5.14. The van der Waals surface area contributed by atoms with Crippen LogP contribution in [0.25, 0.3) is 0 Å². The molecule has 1 aromatic rings. The maximum absolute atomic E-state index is 7.62. The van der Waals surface area contributed by atoms with E-state index in [0.717, 1.165) is 29.9 Å². The van der Waals surface area contributed by atoms with E-state index in [1.54, 1.807) is 0 Å². The van der Waals surface area contributed by atoms with Gasteiger partial charge >= 0.3 is 0 Å². The molecular weight excluding hydrogens is 260 g/mol. The Morgan fingerprint density at radius 2 is 1.81 bits per heavy atom. The fourth-order valence-corrected chi connectivity index (χ4v) is 3.21. The number of hydrogen-bond acceptors (Lipinski definition) is 2. The number of hydrogen-bond donors (Lipinski definition) is 2. The van der Waals surface area contributed by atoms with Gasteiger partial charge in [0.2, 0.25) is 0 Å². The molecule has 1 aliphatic rings. The molecule has 3 heteroatoms. The molecule has 3 N–H and O–H groups in total. The molecule has 0 spiro atoms. The number of rotatable bonds is 4. The van der Waals surface area contributed by atoms with Crippen molar-refractivity contribution >= 4 is 5.84 Å². The zero-order chi connectivity index (χ0) is 15.5. The molecule has 1 aromatic carbocycles. The lowest BCUT2D eigenvalue weighted by molar-refractivity contribution is -0.00585. The van der Waals surface area contributed by atoms with Crippen LogP contribution in [0.15, 0.2) is 24.3 Å². The first-order valence-corrected chi connectivity index (χ1v) is 7.92. The molecule has 21 heavy (non-hydrogen) atoms. The van der Waals surface area contributed by atoms with Gasteiger partial charge in [-0.25, -0.2) is 0 Å². The van der Waals surface area contributed by atoms with E-state index in [1.165, 1.54) is 12.8 Å². The van der Waals surface area contributed by atoms with Gasteiger partial charge in [0.05, 0.1) is 12.7 Å². The first-order chi connectivity index (χ1) is 9.88. The Labute approximate surface area is 128 Å². The summed E-state index contributed by atoms with van der Waals surface area (Å²) < 4.78 is 6.07. The molecule has 116 valence electrons. The first-order valence-electron chi connectivity index (χ1n) is 7.92. The normalized spacial score (nSPS) is 23.0. The van der Waals surface area contributed by atoms with Crippen LogP contribution in [0.5, 0.6) is 0 Å². The third-order valence-corrected chi connectivity index (χ3v) is 4.68. The second-order valence-corrected chi connectivity index (χ2v) is 7.22. The Morgan fingerprint density at radius 1 is 1.19 bits per heavy atom. The van der Waals surface area contributed by atoms with Crippen molar-refractivity contribution in [2.45, 2.75) is 59.2 Å². The SMILES string of the molecule is CC(C)(C)C1CCC(OCc2ccccc2C(=N)N)CC1. The minimum absolute atomic E-state index is 0.116. The van der Waals surface area contributed by atoms with Crippen LogP contribution in [0.4, 0.5) is 0 Å². The van der Waals surface area contributed by atoms with Crippen LogP contribution in [0.1, 0.15) is 57.6 Å². The second kappa shape index (κ2) is 6.61. The van der Waals surface area contributed by atoms with Crippen molar-refractivity contribution in [2.75, 3.05) is 0 Å². The van der Waals surface area contributed by atoms with Crippen molar-refractivity contribution < 1.29 is 4.74 Å². The molecule has 2 rings (SSSR count). The van der Waals surface area contributed by atoms with Crippen LogP contribution >= 0.6 is 0 Å². The third kappa shape index (κ3) is 4.31. The maximum Gasteiger partial charge on any atom is 0.123 e. The van der Waals surface area contributed by atoms with Gasteiger partial charge in [0.15, 0.2) is 0 Å². The number of benzene rings is 1. The summed E-state index contributed by atoms with van der Waals surface area (Å²) in [5.74, 6) is 0.924. The van der Waals surface area contributed by atoms with Gasteiger partial charge < -0.3 is 10.5 Å². The molecule has 0 amide bonds. The minimum Gasteiger partial charge on any atom is -0.384 e. The lowest BCUT2D eigenvalue weighted by Gasteiger charge is -2.36. The van der Waals surface area contributed by atoms with Crippen molar-refractivity contribution in [1.29, 1.82) is 5.41 Å². The molecule has 1 fully saturated rings. The molecular formula is C18H28N2O. The molecule has 0 heterocycles. The number of nitrogens with one attached hydrogen (secondary N) is 1. The van der Waals surface area contributed by atoms with Crippen molar-refractivity contribution in [1.82, 2.24) is 0 Å². The predicted octanol–water partition coefficient (Wildman–Crippen LogP) is 4.09. The summed E-state index contributed by atoms with van der Waals surface area (Å²) in [5.41, 5.74) is 7.84. The zero-order valence-electron chi connectivity index (χ0n) is 13.5. The summed E-state index contributed by atoms with van der Waals surface area (Å²) in [6, 6.07) is 7.77. The molecule has 0 aromatic heterocycles. The first kappa shape index (κ1) is 16.0. The Morgan fingerprint density at radius 3 is 2.38 bits per heavy atom. The van der Waals surface area contributed by atoms with Gasteiger partial charge in [0, 0.05) is 5.56 Å².